The molecule has 0 amide bonds. The number of rotatable bonds is 5. The molecule has 7 nitrogen and oxygen atoms in total. The van der Waals surface area contributed by atoms with Gasteiger partial charge in [0, 0.05) is 18.2 Å². The summed E-state index contributed by atoms with van der Waals surface area (Å²) in [5.74, 6) is -1.29. The van der Waals surface area contributed by atoms with Gasteiger partial charge in [0.2, 0.25) is 10.0 Å². The third-order valence-electron chi connectivity index (χ3n) is 3.65. The number of hydrogen-bond donors (Lipinski definition) is 2. The summed E-state index contributed by atoms with van der Waals surface area (Å²) in [6, 6.07) is 2.24. The summed E-state index contributed by atoms with van der Waals surface area (Å²) in [5.41, 5.74) is -0.104. The van der Waals surface area contributed by atoms with Crippen molar-refractivity contribution in [2.75, 3.05) is 6.61 Å². The molecule has 0 unspecified atom stereocenters. The number of halogens is 2. The van der Waals surface area contributed by atoms with Gasteiger partial charge >= 0.3 is 0 Å². The van der Waals surface area contributed by atoms with Crippen LogP contribution in [-0.2, 0) is 20.5 Å². The Bertz CT molecular complexity index is 840. The first-order chi connectivity index (χ1) is 11.3. The van der Waals surface area contributed by atoms with Crippen LogP contribution in [0.15, 0.2) is 18.2 Å². The van der Waals surface area contributed by atoms with E-state index in [0.717, 1.165) is 12.1 Å². The minimum Gasteiger partial charge on any atom is -0.368 e. The van der Waals surface area contributed by atoms with Crippen molar-refractivity contribution in [1.29, 1.82) is 0 Å². The Balaban J connectivity index is 1.73. The second kappa shape index (κ2) is 6.54. The second-order valence-corrected chi connectivity index (χ2v) is 7.33. The maximum Gasteiger partial charge on any atom is 0.216 e. The summed E-state index contributed by atoms with van der Waals surface area (Å²) in [6.07, 6.45) is -0.161. The van der Waals surface area contributed by atoms with Crippen molar-refractivity contribution < 1.29 is 21.9 Å². The zero-order valence-corrected chi connectivity index (χ0v) is 13.6. The molecule has 1 aliphatic rings. The van der Waals surface area contributed by atoms with E-state index in [1.54, 1.807) is 6.92 Å². The van der Waals surface area contributed by atoms with Crippen molar-refractivity contribution in [3.63, 3.8) is 0 Å². The highest BCUT2D eigenvalue weighted by Crippen LogP contribution is 2.27. The summed E-state index contributed by atoms with van der Waals surface area (Å²) in [7, 11) is -3.85. The smallest absolute Gasteiger partial charge is 0.216 e. The molecule has 1 aromatic heterocycles. The Morgan fingerprint density at radius 3 is 2.88 bits per heavy atom. The van der Waals surface area contributed by atoms with E-state index < -0.39 is 39.6 Å². The van der Waals surface area contributed by atoms with Gasteiger partial charge in [-0.2, -0.15) is 5.10 Å². The second-order valence-electron chi connectivity index (χ2n) is 5.58. The zero-order valence-electron chi connectivity index (χ0n) is 12.8. The third-order valence-corrected chi connectivity index (χ3v) is 5.01. The molecule has 2 atom stereocenters. The number of benzene rings is 1. The zero-order chi connectivity index (χ0) is 17.3. The third kappa shape index (κ3) is 3.77. The van der Waals surface area contributed by atoms with Gasteiger partial charge in [-0.3, -0.25) is 5.10 Å². The van der Waals surface area contributed by atoms with Gasteiger partial charge in [0.15, 0.2) is 5.82 Å². The first kappa shape index (κ1) is 16.9. The number of aryl methyl sites for hydroxylation is 1. The van der Waals surface area contributed by atoms with Crippen molar-refractivity contribution in [1.82, 2.24) is 19.9 Å². The van der Waals surface area contributed by atoms with Gasteiger partial charge in [-0.1, -0.05) is 6.07 Å². The average molecular weight is 358 g/mol. The lowest BCUT2D eigenvalue weighted by atomic mass is 10.1. The molecule has 1 aliphatic heterocycles. The van der Waals surface area contributed by atoms with E-state index in [2.05, 4.69) is 19.9 Å². The van der Waals surface area contributed by atoms with Gasteiger partial charge in [-0.25, -0.2) is 26.9 Å². The Labute approximate surface area is 137 Å². The Morgan fingerprint density at radius 2 is 2.21 bits per heavy atom. The predicted molar refractivity (Wildman–Crippen MR) is 80.3 cm³/mol. The number of nitrogens with one attached hydrogen (secondary N) is 2. The molecule has 2 aromatic rings. The van der Waals surface area contributed by atoms with E-state index in [1.807, 2.05) is 0 Å². The van der Waals surface area contributed by atoms with E-state index in [-0.39, 0.29) is 5.56 Å². The van der Waals surface area contributed by atoms with Crippen molar-refractivity contribution in [2.24, 2.45) is 0 Å². The minimum atomic E-state index is -3.85. The lowest BCUT2D eigenvalue weighted by Crippen LogP contribution is -2.38. The largest absolute Gasteiger partial charge is 0.368 e. The van der Waals surface area contributed by atoms with E-state index in [4.69, 9.17) is 4.74 Å². The molecule has 2 heterocycles. The van der Waals surface area contributed by atoms with Crippen LogP contribution >= 0.6 is 0 Å². The highest BCUT2D eigenvalue weighted by molar-refractivity contribution is 7.88. The lowest BCUT2D eigenvalue weighted by molar-refractivity contribution is 0.0957. The first-order valence-electron chi connectivity index (χ1n) is 7.28. The molecule has 0 radical (unpaired) electrons. The Hall–Kier alpha value is -1.91. The number of aromatic nitrogens is 3. The molecule has 0 aliphatic carbocycles. The molecular formula is C14H16F2N4O3S. The fourth-order valence-corrected chi connectivity index (χ4v) is 4.00. The van der Waals surface area contributed by atoms with E-state index in [0.29, 0.717) is 30.7 Å². The van der Waals surface area contributed by atoms with Crippen molar-refractivity contribution >= 4 is 10.0 Å². The molecule has 1 aromatic carbocycles. The fraction of sp³-hybridized carbons (Fsp3) is 0.429. The summed E-state index contributed by atoms with van der Waals surface area (Å²) in [6.45, 7) is 2.08. The molecule has 0 bridgehead atoms. The number of nitrogens with zero attached hydrogens (tertiary/aromatic N) is 2. The minimum absolute atomic E-state index is 0.104. The van der Waals surface area contributed by atoms with Crippen molar-refractivity contribution in [3.8, 4) is 0 Å². The number of sulfonamides is 1. The SMILES string of the molecule is Cc1nc([C@@H]2OCC[C@@H]2NS(=O)(=O)Cc2ccc(F)cc2F)n[nH]1. The van der Waals surface area contributed by atoms with Crippen LogP contribution in [0.3, 0.4) is 0 Å². The van der Waals surface area contributed by atoms with Crippen LogP contribution in [-0.4, -0.2) is 36.2 Å². The summed E-state index contributed by atoms with van der Waals surface area (Å²) in [4.78, 5) is 4.15. The topological polar surface area (TPSA) is 97.0 Å². The molecule has 0 saturated carbocycles. The molecule has 130 valence electrons. The van der Waals surface area contributed by atoms with Gasteiger partial charge in [0.05, 0.1) is 11.8 Å². The van der Waals surface area contributed by atoms with Crippen LogP contribution in [0.4, 0.5) is 8.78 Å². The summed E-state index contributed by atoms with van der Waals surface area (Å²) in [5, 5.41) is 6.67. The van der Waals surface area contributed by atoms with Crippen LogP contribution < -0.4 is 4.72 Å². The molecule has 3 rings (SSSR count). The maximum atomic E-state index is 13.7. The monoisotopic (exact) mass is 358 g/mol. The molecule has 1 saturated heterocycles. The van der Waals surface area contributed by atoms with Gasteiger partial charge in [-0.05, 0) is 19.4 Å². The van der Waals surface area contributed by atoms with Gasteiger partial charge < -0.3 is 4.74 Å². The van der Waals surface area contributed by atoms with Crippen LogP contribution in [0.5, 0.6) is 0 Å². The number of ether oxygens (including phenoxy) is 1. The van der Waals surface area contributed by atoms with Crippen molar-refractivity contribution in [2.45, 2.75) is 31.2 Å². The highest BCUT2D eigenvalue weighted by atomic mass is 32.2. The number of hydrogen-bond acceptors (Lipinski definition) is 5. The molecule has 1 fully saturated rings. The van der Waals surface area contributed by atoms with Crippen LogP contribution in [0.2, 0.25) is 0 Å². The summed E-state index contributed by atoms with van der Waals surface area (Å²) >= 11 is 0. The summed E-state index contributed by atoms with van der Waals surface area (Å²) < 4.78 is 59.2. The molecule has 0 spiro atoms. The number of aromatic amines is 1. The van der Waals surface area contributed by atoms with Gasteiger partial charge in [0.25, 0.3) is 0 Å². The van der Waals surface area contributed by atoms with Crippen LogP contribution in [0.1, 0.15) is 29.7 Å². The van der Waals surface area contributed by atoms with E-state index in [1.165, 1.54) is 0 Å². The van der Waals surface area contributed by atoms with Gasteiger partial charge in [-0.15, -0.1) is 0 Å². The van der Waals surface area contributed by atoms with E-state index in [9.17, 15) is 17.2 Å². The Kier molecular flexibility index (Phi) is 4.61. The lowest BCUT2D eigenvalue weighted by Gasteiger charge is -2.17. The predicted octanol–water partition coefficient (Wildman–Crippen LogP) is 1.34. The molecule has 2 N–H and O–H groups in total. The Morgan fingerprint density at radius 1 is 1.42 bits per heavy atom. The highest BCUT2D eigenvalue weighted by Gasteiger charge is 2.35. The first-order valence-corrected chi connectivity index (χ1v) is 8.94. The fourth-order valence-electron chi connectivity index (χ4n) is 2.57. The van der Waals surface area contributed by atoms with E-state index >= 15 is 0 Å². The number of H-pyrrole nitrogens is 1. The quantitative estimate of drug-likeness (QED) is 0.841. The average Bonchev–Trinajstić information content (AvgIpc) is 3.10. The normalized spacial score (nSPS) is 21.3. The molecular weight excluding hydrogens is 342 g/mol. The van der Waals surface area contributed by atoms with Crippen LogP contribution in [0.25, 0.3) is 0 Å². The molecule has 24 heavy (non-hydrogen) atoms. The van der Waals surface area contributed by atoms with Crippen molar-refractivity contribution in [3.05, 3.63) is 47.0 Å². The standard InChI is InChI=1S/C14H16F2N4O3S/c1-8-17-14(19-18-8)13-12(4-5-23-13)20-24(21,22)7-9-2-3-10(15)6-11(9)16/h2-3,6,12-13,20H,4-5,7H2,1H3,(H,17,18,19)/t12-,13+/m0/s1. The van der Waals surface area contributed by atoms with Gasteiger partial charge in [0.1, 0.15) is 23.6 Å². The van der Waals surface area contributed by atoms with Crippen LogP contribution in [0, 0.1) is 18.6 Å². The molecule has 10 heteroatoms. The maximum absolute atomic E-state index is 13.7.